The van der Waals surface area contributed by atoms with E-state index in [9.17, 15) is 19.5 Å². The van der Waals surface area contributed by atoms with Crippen LogP contribution in [0.1, 0.15) is 52.3 Å². The molecule has 1 atom stereocenters. The van der Waals surface area contributed by atoms with Crippen molar-refractivity contribution in [3.63, 3.8) is 0 Å². The number of thiazole rings is 1. The van der Waals surface area contributed by atoms with Gasteiger partial charge >= 0.3 is 11.9 Å². The Bertz CT molecular complexity index is 1310. The Kier molecular flexibility index (Phi) is 7.49. The van der Waals surface area contributed by atoms with E-state index in [2.05, 4.69) is 11.9 Å². The SMILES string of the molecule is CCCCOc1ccc(C(O)=C2C(=O)C(=O)N(c3nc(C)c(C(=O)OC)s3)[C@H]2c2ccccc2)cc1. The lowest BCUT2D eigenvalue weighted by Crippen LogP contribution is -2.29. The second kappa shape index (κ2) is 10.7. The third-order valence-corrected chi connectivity index (χ3v) is 6.95. The maximum absolute atomic E-state index is 13.3. The Hall–Kier alpha value is -3.98. The Morgan fingerprint density at radius 1 is 1.11 bits per heavy atom. The number of rotatable bonds is 8. The van der Waals surface area contributed by atoms with Crippen LogP contribution < -0.4 is 9.64 Å². The summed E-state index contributed by atoms with van der Waals surface area (Å²) in [5.74, 6) is -1.91. The number of nitrogens with zero attached hydrogens (tertiary/aromatic N) is 2. The normalized spacial score (nSPS) is 16.9. The van der Waals surface area contributed by atoms with Crippen LogP contribution in [-0.4, -0.2) is 41.5 Å². The molecular weight excluding hydrogens is 480 g/mol. The highest BCUT2D eigenvalue weighted by Gasteiger charge is 2.48. The molecule has 0 bridgehead atoms. The first-order chi connectivity index (χ1) is 17.4. The maximum atomic E-state index is 13.3. The number of carbonyl (C=O) groups is 3. The zero-order valence-corrected chi connectivity index (χ0v) is 21.0. The van der Waals surface area contributed by atoms with E-state index in [1.54, 1.807) is 55.5 Å². The largest absolute Gasteiger partial charge is 0.507 e. The summed E-state index contributed by atoms with van der Waals surface area (Å²) >= 11 is 0.961. The number of hydrogen-bond donors (Lipinski definition) is 1. The Morgan fingerprint density at radius 3 is 2.44 bits per heavy atom. The van der Waals surface area contributed by atoms with Crippen molar-refractivity contribution >= 4 is 39.9 Å². The number of aromatic nitrogens is 1. The van der Waals surface area contributed by atoms with E-state index < -0.39 is 23.7 Å². The van der Waals surface area contributed by atoms with Gasteiger partial charge in [-0.2, -0.15) is 0 Å². The Labute approximate surface area is 212 Å². The molecule has 1 amide bonds. The van der Waals surface area contributed by atoms with Gasteiger partial charge < -0.3 is 14.6 Å². The molecule has 0 spiro atoms. The first-order valence-corrected chi connectivity index (χ1v) is 12.3. The molecule has 9 heteroatoms. The van der Waals surface area contributed by atoms with Gasteiger partial charge in [-0.1, -0.05) is 55.0 Å². The van der Waals surface area contributed by atoms with Crippen LogP contribution >= 0.6 is 11.3 Å². The first kappa shape index (κ1) is 25.1. The highest BCUT2D eigenvalue weighted by molar-refractivity contribution is 7.17. The van der Waals surface area contributed by atoms with Gasteiger partial charge in [-0.15, -0.1) is 0 Å². The number of unbranched alkanes of at least 4 members (excludes halogenated alkanes) is 1. The molecule has 0 unspecified atom stereocenters. The number of methoxy groups -OCH3 is 1. The number of aliphatic hydroxyl groups is 1. The van der Waals surface area contributed by atoms with Gasteiger partial charge in [0.2, 0.25) is 0 Å². The summed E-state index contributed by atoms with van der Waals surface area (Å²) in [5, 5.41) is 11.4. The van der Waals surface area contributed by atoms with Crippen molar-refractivity contribution in [1.82, 2.24) is 4.98 Å². The van der Waals surface area contributed by atoms with Gasteiger partial charge in [-0.3, -0.25) is 14.5 Å². The fourth-order valence-corrected chi connectivity index (χ4v) is 4.96. The summed E-state index contributed by atoms with van der Waals surface area (Å²) in [7, 11) is 1.26. The highest BCUT2D eigenvalue weighted by Crippen LogP contribution is 2.43. The van der Waals surface area contributed by atoms with Crippen LogP contribution in [0.3, 0.4) is 0 Å². The summed E-state index contributed by atoms with van der Waals surface area (Å²) in [5.41, 5.74) is 1.32. The predicted molar refractivity (Wildman–Crippen MR) is 136 cm³/mol. The van der Waals surface area contributed by atoms with Gasteiger partial charge in [0.15, 0.2) is 5.13 Å². The molecule has 2 heterocycles. The van der Waals surface area contributed by atoms with Gasteiger partial charge in [0.05, 0.1) is 31.0 Å². The Morgan fingerprint density at radius 2 is 1.81 bits per heavy atom. The molecule has 0 aliphatic carbocycles. The summed E-state index contributed by atoms with van der Waals surface area (Å²) in [4.78, 5) is 44.5. The molecule has 4 rings (SSSR count). The molecule has 1 aliphatic rings. The summed E-state index contributed by atoms with van der Waals surface area (Å²) in [6, 6.07) is 14.7. The van der Waals surface area contributed by atoms with Crippen molar-refractivity contribution in [1.29, 1.82) is 0 Å². The van der Waals surface area contributed by atoms with Crippen molar-refractivity contribution in [3.8, 4) is 5.75 Å². The lowest BCUT2D eigenvalue weighted by Gasteiger charge is -2.23. The van der Waals surface area contributed by atoms with Crippen molar-refractivity contribution in [2.75, 3.05) is 18.6 Å². The molecule has 1 aliphatic heterocycles. The van der Waals surface area contributed by atoms with E-state index >= 15 is 0 Å². The standard InChI is InChI=1S/C27H26N2O6S/c1-4-5-15-35-19-13-11-18(12-14-19)22(30)20-21(17-9-7-6-8-10-17)29(25(32)23(20)31)27-28-16(2)24(36-27)26(33)34-3/h6-14,21,30H,4-5,15H2,1-3H3/t21-/m0/s1. The topological polar surface area (TPSA) is 106 Å². The zero-order valence-electron chi connectivity index (χ0n) is 20.2. The number of aryl methyl sites for hydroxylation is 1. The van der Waals surface area contributed by atoms with Gasteiger partial charge in [0.25, 0.3) is 5.78 Å². The fourth-order valence-electron chi connectivity index (χ4n) is 3.95. The summed E-state index contributed by atoms with van der Waals surface area (Å²) in [6.45, 7) is 4.29. The lowest BCUT2D eigenvalue weighted by atomic mass is 9.95. The number of amides is 1. The molecule has 1 aromatic heterocycles. The van der Waals surface area contributed by atoms with Crippen molar-refractivity contribution in [3.05, 3.63) is 81.9 Å². The third-order valence-electron chi connectivity index (χ3n) is 5.82. The number of anilines is 1. The summed E-state index contributed by atoms with van der Waals surface area (Å²) < 4.78 is 10.5. The molecular formula is C27H26N2O6S. The van der Waals surface area contributed by atoms with E-state index in [0.717, 1.165) is 24.2 Å². The molecule has 1 saturated heterocycles. The van der Waals surface area contributed by atoms with E-state index in [1.807, 2.05) is 6.07 Å². The molecule has 0 saturated carbocycles. The van der Waals surface area contributed by atoms with E-state index in [1.165, 1.54) is 12.0 Å². The highest BCUT2D eigenvalue weighted by atomic mass is 32.1. The number of Topliss-reactive ketones (excluding diaryl/α,β-unsaturated/α-hetero) is 1. The monoisotopic (exact) mass is 506 g/mol. The minimum absolute atomic E-state index is 0.0571. The van der Waals surface area contributed by atoms with Crippen LogP contribution in [0.4, 0.5) is 5.13 Å². The van der Waals surface area contributed by atoms with Gasteiger partial charge in [0, 0.05) is 5.56 Å². The minimum atomic E-state index is -0.928. The molecule has 1 N–H and O–H groups in total. The average Bonchev–Trinajstić information content (AvgIpc) is 3.40. The number of hydrogen-bond acceptors (Lipinski definition) is 8. The van der Waals surface area contributed by atoms with E-state index in [4.69, 9.17) is 9.47 Å². The van der Waals surface area contributed by atoms with Crippen molar-refractivity contribution in [2.45, 2.75) is 32.7 Å². The van der Waals surface area contributed by atoms with Crippen molar-refractivity contribution in [2.24, 2.45) is 0 Å². The molecule has 1 fully saturated rings. The molecule has 3 aromatic rings. The van der Waals surface area contributed by atoms with Crippen LogP contribution in [0.2, 0.25) is 0 Å². The quantitative estimate of drug-likeness (QED) is 0.150. The number of benzene rings is 2. The predicted octanol–water partition coefficient (Wildman–Crippen LogP) is 5.04. The number of ketones is 1. The molecule has 186 valence electrons. The molecule has 36 heavy (non-hydrogen) atoms. The van der Waals surface area contributed by atoms with Gasteiger partial charge in [0.1, 0.15) is 16.4 Å². The number of carbonyl (C=O) groups excluding carboxylic acids is 3. The number of ether oxygens (including phenoxy) is 2. The Balaban J connectivity index is 1.80. The fraction of sp³-hybridized carbons (Fsp3) is 0.259. The lowest BCUT2D eigenvalue weighted by molar-refractivity contribution is -0.132. The molecule has 8 nitrogen and oxygen atoms in total. The minimum Gasteiger partial charge on any atom is -0.507 e. The van der Waals surface area contributed by atoms with Crippen LogP contribution in [-0.2, 0) is 14.3 Å². The van der Waals surface area contributed by atoms with E-state index in [-0.39, 0.29) is 21.3 Å². The summed E-state index contributed by atoms with van der Waals surface area (Å²) in [6.07, 6.45) is 1.94. The third kappa shape index (κ3) is 4.74. The molecule has 0 radical (unpaired) electrons. The second-order valence-corrected chi connectivity index (χ2v) is 9.19. The van der Waals surface area contributed by atoms with Gasteiger partial charge in [-0.05, 0) is 43.2 Å². The second-order valence-electron chi connectivity index (χ2n) is 8.21. The smallest absolute Gasteiger partial charge is 0.350 e. The number of aliphatic hydroxyl groups excluding tert-OH is 1. The van der Waals surface area contributed by atoms with Crippen LogP contribution in [0, 0.1) is 6.92 Å². The maximum Gasteiger partial charge on any atom is 0.350 e. The van der Waals surface area contributed by atoms with Crippen molar-refractivity contribution < 1.29 is 29.0 Å². The van der Waals surface area contributed by atoms with Crippen LogP contribution in [0.25, 0.3) is 5.76 Å². The molecule has 2 aromatic carbocycles. The first-order valence-electron chi connectivity index (χ1n) is 11.5. The zero-order chi connectivity index (χ0) is 25.8. The number of esters is 1. The van der Waals surface area contributed by atoms with E-state index in [0.29, 0.717) is 29.2 Å². The van der Waals surface area contributed by atoms with Gasteiger partial charge in [-0.25, -0.2) is 9.78 Å². The van der Waals surface area contributed by atoms with Crippen LogP contribution in [0.5, 0.6) is 5.75 Å². The average molecular weight is 507 g/mol. The van der Waals surface area contributed by atoms with Crippen LogP contribution in [0.15, 0.2) is 60.2 Å².